The first-order valence-electron chi connectivity index (χ1n) is 11.4. The summed E-state index contributed by atoms with van der Waals surface area (Å²) < 4.78 is 45.4. The van der Waals surface area contributed by atoms with Crippen LogP contribution < -0.4 is 15.0 Å². The number of nitrogens with one attached hydrogen (secondary N) is 2. The van der Waals surface area contributed by atoms with Crippen LogP contribution in [0.15, 0.2) is 48.5 Å². The zero-order valence-corrected chi connectivity index (χ0v) is 19.2. The second kappa shape index (κ2) is 10.2. The molecule has 7 nitrogen and oxygen atoms in total. The Bertz CT molecular complexity index is 1230. The van der Waals surface area contributed by atoms with E-state index >= 15 is 0 Å². The number of nitrogens with zero attached hydrogens (tertiary/aromatic N) is 3. The molecule has 4 rings (SSSR count). The van der Waals surface area contributed by atoms with E-state index in [-0.39, 0.29) is 5.69 Å². The maximum Gasteiger partial charge on any atom is 0.418 e. The van der Waals surface area contributed by atoms with Gasteiger partial charge in [-0.1, -0.05) is 12.1 Å². The molecule has 35 heavy (non-hydrogen) atoms. The van der Waals surface area contributed by atoms with Crippen LogP contribution in [-0.2, 0) is 6.18 Å². The van der Waals surface area contributed by atoms with Gasteiger partial charge < -0.3 is 25.3 Å². The predicted octanol–water partition coefficient (Wildman–Crippen LogP) is 5.39. The number of carbonyl (C=O) groups is 1. The summed E-state index contributed by atoms with van der Waals surface area (Å²) in [5.74, 6) is 1.37. The standard InChI is InChI=1S/C25H26F3N5O2/c1-2-35-19-8-9-21-17(15-19)14-18(16-29)23(30-21)32-10-5-11-33(13-12-32)24(34)31-22-7-4-3-6-20(22)25(26,27)28/h3-4,6-9,14-16,29H,2,5,10-13H2,1H3,(H,31,34). The van der Waals surface area contributed by atoms with Crippen LogP contribution in [0.4, 0.5) is 29.5 Å². The van der Waals surface area contributed by atoms with Crippen LogP contribution >= 0.6 is 0 Å². The first-order chi connectivity index (χ1) is 16.8. The Morgan fingerprint density at radius 1 is 1.14 bits per heavy atom. The van der Waals surface area contributed by atoms with E-state index in [0.717, 1.165) is 22.7 Å². The number of fused-ring (bicyclic) bond motifs is 1. The number of alkyl halides is 3. The van der Waals surface area contributed by atoms with E-state index in [4.69, 9.17) is 15.1 Å². The second-order valence-corrected chi connectivity index (χ2v) is 8.13. The average molecular weight is 486 g/mol. The van der Waals surface area contributed by atoms with E-state index < -0.39 is 17.8 Å². The van der Waals surface area contributed by atoms with Crippen LogP contribution in [0, 0.1) is 5.41 Å². The highest BCUT2D eigenvalue weighted by Crippen LogP contribution is 2.34. The molecule has 2 aromatic carbocycles. The van der Waals surface area contributed by atoms with Gasteiger partial charge in [-0.25, -0.2) is 9.78 Å². The van der Waals surface area contributed by atoms with Crippen molar-refractivity contribution in [1.29, 1.82) is 5.41 Å². The predicted molar refractivity (Wildman–Crippen MR) is 130 cm³/mol. The van der Waals surface area contributed by atoms with Gasteiger partial charge in [0.05, 0.1) is 23.4 Å². The number of aromatic nitrogens is 1. The number of anilines is 2. The van der Waals surface area contributed by atoms with Gasteiger partial charge in [0.15, 0.2) is 0 Å². The van der Waals surface area contributed by atoms with Crippen molar-refractivity contribution < 1.29 is 22.7 Å². The van der Waals surface area contributed by atoms with Crippen molar-refractivity contribution in [2.75, 3.05) is 43.0 Å². The minimum Gasteiger partial charge on any atom is -0.494 e. The number of ether oxygens (including phenoxy) is 1. The van der Waals surface area contributed by atoms with Crippen LogP contribution in [0.3, 0.4) is 0 Å². The van der Waals surface area contributed by atoms with E-state index in [2.05, 4.69) is 5.32 Å². The molecule has 10 heteroatoms. The van der Waals surface area contributed by atoms with Gasteiger partial charge in [0.2, 0.25) is 0 Å². The number of rotatable bonds is 5. The lowest BCUT2D eigenvalue weighted by molar-refractivity contribution is -0.136. The summed E-state index contributed by atoms with van der Waals surface area (Å²) in [5, 5.41) is 11.2. The number of pyridine rings is 1. The molecule has 0 atom stereocenters. The third kappa shape index (κ3) is 5.47. The van der Waals surface area contributed by atoms with Gasteiger partial charge in [-0.2, -0.15) is 13.2 Å². The number of hydrogen-bond donors (Lipinski definition) is 2. The Morgan fingerprint density at radius 3 is 2.69 bits per heavy atom. The second-order valence-electron chi connectivity index (χ2n) is 8.13. The molecule has 1 aliphatic heterocycles. The number of halogens is 3. The monoisotopic (exact) mass is 485 g/mol. The first-order valence-corrected chi connectivity index (χ1v) is 11.4. The van der Waals surface area contributed by atoms with E-state index in [9.17, 15) is 18.0 Å². The molecular weight excluding hydrogens is 459 g/mol. The first kappa shape index (κ1) is 24.3. The molecule has 184 valence electrons. The molecule has 0 saturated carbocycles. The topological polar surface area (TPSA) is 81.6 Å². The summed E-state index contributed by atoms with van der Waals surface area (Å²) in [5.41, 5.74) is 0.257. The summed E-state index contributed by atoms with van der Waals surface area (Å²) in [6.07, 6.45) is -2.71. The third-order valence-corrected chi connectivity index (χ3v) is 5.82. The molecule has 3 aromatic rings. The molecule has 1 aliphatic rings. The van der Waals surface area contributed by atoms with Crippen molar-refractivity contribution in [3.8, 4) is 5.75 Å². The summed E-state index contributed by atoms with van der Waals surface area (Å²) in [6.45, 7) is 4.19. The van der Waals surface area contributed by atoms with Crippen molar-refractivity contribution in [2.24, 2.45) is 0 Å². The Hall–Kier alpha value is -3.82. The van der Waals surface area contributed by atoms with E-state index in [1.165, 1.54) is 29.3 Å². The summed E-state index contributed by atoms with van der Waals surface area (Å²) >= 11 is 0. The fourth-order valence-corrected chi connectivity index (χ4v) is 4.14. The van der Waals surface area contributed by atoms with Gasteiger partial charge in [-0.15, -0.1) is 0 Å². The molecule has 0 bridgehead atoms. The van der Waals surface area contributed by atoms with Crippen LogP contribution in [0.25, 0.3) is 10.9 Å². The van der Waals surface area contributed by atoms with Crippen molar-refractivity contribution in [1.82, 2.24) is 9.88 Å². The lowest BCUT2D eigenvalue weighted by atomic mass is 10.1. The molecule has 0 aliphatic carbocycles. The average Bonchev–Trinajstić information content (AvgIpc) is 3.09. The van der Waals surface area contributed by atoms with Crippen LogP contribution in [0.5, 0.6) is 5.75 Å². The summed E-state index contributed by atoms with van der Waals surface area (Å²) in [4.78, 5) is 21.1. The number of amides is 2. The van der Waals surface area contributed by atoms with Crippen molar-refractivity contribution in [3.05, 3.63) is 59.7 Å². The van der Waals surface area contributed by atoms with Crippen LogP contribution in [-0.4, -0.2) is 54.9 Å². The minimum absolute atomic E-state index is 0.264. The molecule has 2 amide bonds. The highest BCUT2D eigenvalue weighted by molar-refractivity contribution is 5.93. The maximum absolute atomic E-state index is 13.3. The molecule has 1 saturated heterocycles. The number of benzene rings is 2. The van der Waals surface area contributed by atoms with Gasteiger partial charge in [0.1, 0.15) is 11.6 Å². The molecule has 2 N–H and O–H groups in total. The van der Waals surface area contributed by atoms with Crippen molar-refractivity contribution >= 4 is 34.7 Å². The molecule has 1 fully saturated rings. The van der Waals surface area contributed by atoms with Crippen LogP contribution in [0.2, 0.25) is 0 Å². The fourth-order valence-electron chi connectivity index (χ4n) is 4.14. The largest absolute Gasteiger partial charge is 0.494 e. The molecule has 0 radical (unpaired) electrons. The number of hydrogen-bond acceptors (Lipinski definition) is 5. The Labute approximate surface area is 201 Å². The van der Waals surface area contributed by atoms with Crippen molar-refractivity contribution in [3.63, 3.8) is 0 Å². The highest BCUT2D eigenvalue weighted by Gasteiger charge is 2.34. The van der Waals surface area contributed by atoms with Gasteiger partial charge in [0.25, 0.3) is 0 Å². The number of urea groups is 1. The number of para-hydroxylation sites is 1. The lowest BCUT2D eigenvalue weighted by Gasteiger charge is -2.25. The van der Waals surface area contributed by atoms with E-state index in [0.29, 0.717) is 50.6 Å². The zero-order chi connectivity index (χ0) is 25.0. The zero-order valence-electron chi connectivity index (χ0n) is 19.2. The van der Waals surface area contributed by atoms with Gasteiger partial charge in [-0.05, 0) is 49.7 Å². The minimum atomic E-state index is -4.56. The highest BCUT2D eigenvalue weighted by atomic mass is 19.4. The number of carbonyl (C=O) groups excluding carboxylic acids is 1. The third-order valence-electron chi connectivity index (χ3n) is 5.82. The van der Waals surface area contributed by atoms with E-state index in [1.807, 2.05) is 36.1 Å². The SMILES string of the molecule is CCOc1ccc2nc(N3CCCN(C(=O)Nc4ccccc4C(F)(F)F)CC3)c(C=N)cc2c1. The maximum atomic E-state index is 13.3. The fraction of sp³-hybridized carbons (Fsp3) is 0.320. The van der Waals surface area contributed by atoms with Gasteiger partial charge in [0, 0.05) is 43.3 Å². The quantitative estimate of drug-likeness (QED) is 0.475. The normalized spacial score (nSPS) is 14.5. The Kier molecular flexibility index (Phi) is 7.09. The molecule has 0 unspecified atom stereocenters. The lowest BCUT2D eigenvalue weighted by Crippen LogP contribution is -2.38. The van der Waals surface area contributed by atoms with E-state index in [1.54, 1.807) is 0 Å². The smallest absolute Gasteiger partial charge is 0.418 e. The summed E-state index contributed by atoms with van der Waals surface area (Å²) in [6, 6.07) is 11.8. The van der Waals surface area contributed by atoms with Crippen molar-refractivity contribution in [2.45, 2.75) is 19.5 Å². The molecule has 0 spiro atoms. The van der Waals surface area contributed by atoms with Gasteiger partial charge in [-0.3, -0.25) is 0 Å². The van der Waals surface area contributed by atoms with Gasteiger partial charge >= 0.3 is 12.2 Å². The molecule has 2 heterocycles. The van der Waals surface area contributed by atoms with Crippen LogP contribution in [0.1, 0.15) is 24.5 Å². The Morgan fingerprint density at radius 2 is 1.94 bits per heavy atom. The summed E-state index contributed by atoms with van der Waals surface area (Å²) in [7, 11) is 0. The molecular formula is C25H26F3N5O2. The molecule has 1 aromatic heterocycles. The Balaban J connectivity index is 1.50.